The summed E-state index contributed by atoms with van der Waals surface area (Å²) >= 11 is 1.97. The summed E-state index contributed by atoms with van der Waals surface area (Å²) < 4.78 is 5.36. The van der Waals surface area contributed by atoms with Crippen molar-refractivity contribution >= 4 is 17.7 Å². The van der Waals surface area contributed by atoms with E-state index in [1.54, 1.807) is 0 Å². The molecule has 1 aromatic rings. The van der Waals surface area contributed by atoms with Crippen LogP contribution in [0.5, 0.6) is 0 Å². The molecule has 25 heavy (non-hydrogen) atoms. The van der Waals surface area contributed by atoms with Crippen molar-refractivity contribution in [3.8, 4) is 0 Å². The Morgan fingerprint density at radius 2 is 2.08 bits per heavy atom. The fourth-order valence-corrected chi connectivity index (χ4v) is 6.20. The molecule has 3 saturated heterocycles. The zero-order valence-corrected chi connectivity index (χ0v) is 16.4. The molecule has 138 valence electrons. The standard InChI is InChI=1S/C19H29N3O2S/c1-4-19(18(23)21-7-9-25-10-8-21)11-15-5-6-17(19)22(15)12-16-13(2)20-24-14(16)3/h15,17H,4-12H2,1-3H3/t15-,17+,19+/m0/s1. The predicted octanol–water partition coefficient (Wildman–Crippen LogP) is 3.00. The van der Waals surface area contributed by atoms with Gasteiger partial charge in [-0.2, -0.15) is 11.8 Å². The van der Waals surface area contributed by atoms with E-state index in [2.05, 4.69) is 21.9 Å². The van der Waals surface area contributed by atoms with Crippen molar-refractivity contribution < 1.29 is 9.32 Å². The predicted molar refractivity (Wildman–Crippen MR) is 99.6 cm³/mol. The van der Waals surface area contributed by atoms with Crippen LogP contribution in [0, 0.1) is 19.3 Å². The van der Waals surface area contributed by atoms with Gasteiger partial charge in [-0.15, -0.1) is 0 Å². The lowest BCUT2D eigenvalue weighted by Gasteiger charge is -2.40. The first-order chi connectivity index (χ1) is 12.1. The highest BCUT2D eigenvalue weighted by Gasteiger charge is 2.59. The van der Waals surface area contributed by atoms with E-state index in [0.29, 0.717) is 18.0 Å². The Hall–Kier alpha value is -1.01. The molecule has 4 heterocycles. The van der Waals surface area contributed by atoms with Gasteiger partial charge in [0.05, 0.1) is 11.1 Å². The summed E-state index contributed by atoms with van der Waals surface area (Å²) in [4.78, 5) is 18.2. The summed E-state index contributed by atoms with van der Waals surface area (Å²) in [5, 5.41) is 4.11. The first kappa shape index (κ1) is 17.4. The van der Waals surface area contributed by atoms with Gasteiger partial charge in [-0.3, -0.25) is 9.69 Å². The maximum atomic E-state index is 13.5. The largest absolute Gasteiger partial charge is 0.361 e. The van der Waals surface area contributed by atoms with Gasteiger partial charge in [-0.1, -0.05) is 12.1 Å². The number of aromatic nitrogens is 1. The van der Waals surface area contributed by atoms with Gasteiger partial charge in [-0.25, -0.2) is 0 Å². The van der Waals surface area contributed by atoms with Gasteiger partial charge in [0, 0.05) is 48.8 Å². The number of nitrogens with zero attached hydrogens (tertiary/aromatic N) is 3. The topological polar surface area (TPSA) is 49.6 Å². The zero-order valence-electron chi connectivity index (χ0n) is 15.6. The van der Waals surface area contributed by atoms with E-state index >= 15 is 0 Å². The minimum absolute atomic E-state index is 0.177. The van der Waals surface area contributed by atoms with E-state index in [-0.39, 0.29) is 5.41 Å². The minimum Gasteiger partial charge on any atom is -0.361 e. The molecule has 0 saturated carbocycles. The molecule has 2 bridgehead atoms. The van der Waals surface area contributed by atoms with Crippen molar-refractivity contribution in [2.45, 2.75) is 65.1 Å². The first-order valence-corrected chi connectivity index (χ1v) is 10.8. The average molecular weight is 364 g/mol. The van der Waals surface area contributed by atoms with Crippen LogP contribution in [0.15, 0.2) is 4.52 Å². The molecule has 3 aliphatic rings. The maximum absolute atomic E-state index is 13.5. The van der Waals surface area contributed by atoms with Crippen molar-refractivity contribution in [2.24, 2.45) is 5.41 Å². The van der Waals surface area contributed by atoms with Gasteiger partial charge in [-0.05, 0) is 39.5 Å². The molecule has 0 spiro atoms. The molecule has 3 aliphatic heterocycles. The van der Waals surface area contributed by atoms with Crippen LogP contribution in [-0.4, -0.2) is 57.5 Å². The fourth-order valence-electron chi connectivity index (χ4n) is 5.30. The molecule has 1 amide bonds. The van der Waals surface area contributed by atoms with E-state index in [0.717, 1.165) is 61.9 Å². The van der Waals surface area contributed by atoms with Crippen molar-refractivity contribution in [3.63, 3.8) is 0 Å². The second kappa shape index (κ2) is 6.62. The normalized spacial score (nSPS) is 32.5. The van der Waals surface area contributed by atoms with Crippen LogP contribution in [0.1, 0.15) is 49.6 Å². The molecule has 0 aliphatic carbocycles. The summed E-state index contributed by atoms with van der Waals surface area (Å²) in [6.45, 7) is 8.95. The van der Waals surface area contributed by atoms with Crippen molar-refractivity contribution in [3.05, 3.63) is 17.0 Å². The van der Waals surface area contributed by atoms with Gasteiger partial charge < -0.3 is 9.42 Å². The number of thioether (sulfide) groups is 1. The third kappa shape index (κ3) is 2.72. The maximum Gasteiger partial charge on any atom is 0.230 e. The van der Waals surface area contributed by atoms with Crippen LogP contribution in [0.25, 0.3) is 0 Å². The van der Waals surface area contributed by atoms with Crippen molar-refractivity contribution in [1.29, 1.82) is 0 Å². The van der Waals surface area contributed by atoms with Crippen molar-refractivity contribution in [1.82, 2.24) is 15.0 Å². The highest BCUT2D eigenvalue weighted by atomic mass is 32.2. The smallest absolute Gasteiger partial charge is 0.230 e. The summed E-state index contributed by atoms with van der Waals surface area (Å²) in [7, 11) is 0. The molecule has 4 rings (SSSR count). The number of carbonyl (C=O) groups excluding carboxylic acids is 1. The van der Waals surface area contributed by atoms with Crippen LogP contribution in [0.4, 0.5) is 0 Å². The van der Waals surface area contributed by atoms with Gasteiger partial charge in [0.25, 0.3) is 0 Å². The summed E-state index contributed by atoms with van der Waals surface area (Å²) in [5.41, 5.74) is 2.03. The molecule has 0 radical (unpaired) electrons. The molecule has 3 fully saturated rings. The first-order valence-electron chi connectivity index (χ1n) is 9.61. The summed E-state index contributed by atoms with van der Waals surface area (Å²) in [5.74, 6) is 3.52. The lowest BCUT2D eigenvalue weighted by Crippen LogP contribution is -2.52. The van der Waals surface area contributed by atoms with Crippen molar-refractivity contribution in [2.75, 3.05) is 24.6 Å². The van der Waals surface area contributed by atoms with Gasteiger partial charge >= 0.3 is 0 Å². The summed E-state index contributed by atoms with van der Waals surface area (Å²) in [6.07, 6.45) is 4.35. The SMILES string of the molecule is CC[C@@]1(C(=O)N2CCSCC2)C[C@@H]2CC[C@H]1N2Cc1c(C)noc1C. The van der Waals surface area contributed by atoms with Crippen LogP contribution >= 0.6 is 11.8 Å². The highest BCUT2D eigenvalue weighted by molar-refractivity contribution is 7.99. The molecule has 3 atom stereocenters. The van der Waals surface area contributed by atoms with Gasteiger partial charge in [0.2, 0.25) is 5.91 Å². The number of hydrogen-bond acceptors (Lipinski definition) is 5. The minimum atomic E-state index is -0.177. The molecular weight excluding hydrogens is 334 g/mol. The zero-order chi connectivity index (χ0) is 17.6. The molecular formula is C19H29N3O2S. The van der Waals surface area contributed by atoms with E-state index in [4.69, 9.17) is 4.52 Å². The lowest BCUT2D eigenvalue weighted by atomic mass is 9.70. The number of hydrogen-bond donors (Lipinski definition) is 0. The number of aryl methyl sites for hydroxylation is 2. The Morgan fingerprint density at radius 1 is 1.32 bits per heavy atom. The van der Waals surface area contributed by atoms with Gasteiger partial charge in [0.1, 0.15) is 5.76 Å². The highest BCUT2D eigenvalue weighted by Crippen LogP contribution is 2.53. The second-order valence-electron chi connectivity index (χ2n) is 7.84. The molecule has 0 N–H and O–H groups in total. The number of rotatable bonds is 4. The molecule has 1 aromatic heterocycles. The van der Waals surface area contributed by atoms with Crippen LogP contribution in [0.2, 0.25) is 0 Å². The third-order valence-electron chi connectivity index (χ3n) is 6.76. The van der Waals surface area contributed by atoms with E-state index in [1.807, 2.05) is 25.6 Å². The van der Waals surface area contributed by atoms with E-state index in [9.17, 15) is 4.79 Å². The van der Waals surface area contributed by atoms with Gasteiger partial charge in [0.15, 0.2) is 0 Å². The second-order valence-corrected chi connectivity index (χ2v) is 9.07. The lowest BCUT2D eigenvalue weighted by molar-refractivity contribution is -0.144. The number of fused-ring (bicyclic) bond motifs is 2. The molecule has 0 aromatic carbocycles. The van der Waals surface area contributed by atoms with Crippen LogP contribution in [-0.2, 0) is 11.3 Å². The Morgan fingerprint density at radius 3 is 2.72 bits per heavy atom. The Balaban J connectivity index is 1.58. The third-order valence-corrected chi connectivity index (χ3v) is 7.70. The molecule has 5 nitrogen and oxygen atoms in total. The fraction of sp³-hybridized carbons (Fsp3) is 0.789. The number of carbonyl (C=O) groups is 1. The molecule has 0 unspecified atom stereocenters. The van der Waals surface area contributed by atoms with E-state index < -0.39 is 0 Å². The monoisotopic (exact) mass is 363 g/mol. The van der Waals surface area contributed by atoms with Crippen LogP contribution < -0.4 is 0 Å². The average Bonchev–Trinajstić information content (AvgIpc) is 3.29. The van der Waals surface area contributed by atoms with E-state index in [1.165, 1.54) is 12.0 Å². The Kier molecular flexibility index (Phi) is 4.61. The summed E-state index contributed by atoms with van der Waals surface area (Å²) in [6, 6.07) is 0.903. The quantitative estimate of drug-likeness (QED) is 0.823. The number of amides is 1. The van der Waals surface area contributed by atoms with Crippen LogP contribution in [0.3, 0.4) is 0 Å². The molecule has 6 heteroatoms. The Labute approximate surface area is 154 Å². The Bertz CT molecular complexity index is 636.